The maximum absolute atomic E-state index is 6.24. The second kappa shape index (κ2) is 7.08. The molecule has 5 heteroatoms. The van der Waals surface area contributed by atoms with Crippen LogP contribution in [0.25, 0.3) is 0 Å². The fraction of sp³-hybridized carbons (Fsp3) is 0.600. The first-order valence-corrected chi connectivity index (χ1v) is 9.86. The zero-order chi connectivity index (χ0) is 17.4. The van der Waals surface area contributed by atoms with Gasteiger partial charge in [0.1, 0.15) is 0 Å². The fourth-order valence-corrected chi connectivity index (χ4v) is 4.32. The minimum absolute atomic E-state index is 0.410. The van der Waals surface area contributed by atoms with Crippen LogP contribution in [0.2, 0.25) is 5.02 Å². The third-order valence-electron chi connectivity index (χ3n) is 5.74. The van der Waals surface area contributed by atoms with Crippen LogP contribution in [0.5, 0.6) is 0 Å². The molecule has 4 rings (SSSR count). The lowest BCUT2D eigenvalue weighted by Gasteiger charge is -2.38. The number of likely N-dealkylation sites (N-methyl/N-ethyl adjacent to an activating group) is 1. The highest BCUT2D eigenvalue weighted by Gasteiger charge is 2.31. The van der Waals surface area contributed by atoms with Crippen LogP contribution in [0, 0.1) is 5.92 Å². The zero-order valence-corrected chi connectivity index (χ0v) is 16.0. The van der Waals surface area contributed by atoms with Crippen LogP contribution in [0.4, 0.5) is 5.69 Å². The Labute approximate surface area is 155 Å². The Morgan fingerprint density at radius 3 is 2.68 bits per heavy atom. The van der Waals surface area contributed by atoms with E-state index in [1.54, 1.807) is 0 Å². The zero-order valence-electron chi connectivity index (χ0n) is 15.2. The fourth-order valence-electron chi connectivity index (χ4n) is 4.12. The maximum atomic E-state index is 6.24. The molecule has 0 aliphatic carbocycles. The molecule has 1 saturated heterocycles. The summed E-state index contributed by atoms with van der Waals surface area (Å²) in [6.45, 7) is 6.45. The Morgan fingerprint density at radius 2 is 1.88 bits per heavy atom. The van der Waals surface area contributed by atoms with Crippen LogP contribution < -0.4 is 0 Å². The van der Waals surface area contributed by atoms with E-state index in [0.717, 1.165) is 55.6 Å². The van der Waals surface area contributed by atoms with Crippen molar-refractivity contribution in [2.75, 3.05) is 33.2 Å². The molecule has 0 radical (unpaired) electrons. The molecule has 0 amide bonds. The minimum atomic E-state index is 0.410. The van der Waals surface area contributed by atoms with E-state index in [1.165, 1.54) is 24.1 Å². The van der Waals surface area contributed by atoms with Crippen LogP contribution >= 0.6 is 11.6 Å². The molecule has 3 heterocycles. The van der Waals surface area contributed by atoms with E-state index in [1.807, 2.05) is 6.07 Å². The summed E-state index contributed by atoms with van der Waals surface area (Å²) in [6, 6.07) is 6.53. The number of halogens is 1. The van der Waals surface area contributed by atoms with E-state index in [-0.39, 0.29) is 0 Å². The van der Waals surface area contributed by atoms with Gasteiger partial charge < -0.3 is 9.80 Å². The van der Waals surface area contributed by atoms with Crippen molar-refractivity contribution in [3.8, 4) is 0 Å². The smallest absolute Gasteiger partial charge is 0.150 e. The lowest BCUT2D eigenvalue weighted by atomic mass is 9.85. The molecule has 0 spiro atoms. The number of amidine groups is 1. The van der Waals surface area contributed by atoms with Gasteiger partial charge in [0.25, 0.3) is 0 Å². The van der Waals surface area contributed by atoms with Crippen molar-refractivity contribution < 1.29 is 0 Å². The van der Waals surface area contributed by atoms with Crippen molar-refractivity contribution in [1.29, 1.82) is 0 Å². The molecule has 0 bridgehead atoms. The quantitative estimate of drug-likeness (QED) is 0.706. The van der Waals surface area contributed by atoms with Gasteiger partial charge in [0.15, 0.2) is 5.84 Å². The van der Waals surface area contributed by atoms with E-state index < -0.39 is 0 Å². The first-order chi connectivity index (χ1) is 12.1. The molecule has 2 atom stereocenters. The van der Waals surface area contributed by atoms with Crippen molar-refractivity contribution in [2.45, 2.75) is 38.6 Å². The normalized spacial score (nSPS) is 27.6. The highest BCUT2D eigenvalue weighted by atomic mass is 35.5. The van der Waals surface area contributed by atoms with Gasteiger partial charge in [-0.3, -0.25) is 4.99 Å². The number of aliphatic imine (C=N–C) groups is 2. The van der Waals surface area contributed by atoms with Crippen molar-refractivity contribution in [3.63, 3.8) is 0 Å². The number of fused-ring (bicyclic) bond motifs is 2. The van der Waals surface area contributed by atoms with Crippen LogP contribution in [-0.4, -0.2) is 60.6 Å². The number of nitrogens with zero attached hydrogens (tertiary/aromatic N) is 4. The molecule has 134 valence electrons. The van der Waals surface area contributed by atoms with Crippen molar-refractivity contribution in [2.24, 2.45) is 15.9 Å². The van der Waals surface area contributed by atoms with Gasteiger partial charge in [-0.2, -0.15) is 0 Å². The molecule has 0 aromatic heterocycles. The summed E-state index contributed by atoms with van der Waals surface area (Å²) >= 11 is 6.24. The molecule has 1 fully saturated rings. The van der Waals surface area contributed by atoms with Crippen molar-refractivity contribution >= 4 is 28.8 Å². The maximum Gasteiger partial charge on any atom is 0.150 e. The number of piperazine rings is 1. The van der Waals surface area contributed by atoms with Crippen LogP contribution in [0.3, 0.4) is 0 Å². The summed E-state index contributed by atoms with van der Waals surface area (Å²) < 4.78 is 0. The Hall–Kier alpha value is -1.39. The topological polar surface area (TPSA) is 31.2 Å². The molecule has 1 aromatic rings. The van der Waals surface area contributed by atoms with Gasteiger partial charge in [-0.1, -0.05) is 11.6 Å². The molecule has 25 heavy (non-hydrogen) atoms. The van der Waals surface area contributed by atoms with E-state index >= 15 is 0 Å². The number of benzene rings is 1. The Balaban J connectivity index is 1.78. The Bertz CT molecular complexity index is 704. The second-order valence-electron chi connectivity index (χ2n) is 7.68. The number of hydrogen-bond donors (Lipinski definition) is 0. The number of rotatable bonds is 0. The average Bonchev–Trinajstić information content (AvgIpc) is 2.59. The van der Waals surface area contributed by atoms with Gasteiger partial charge in [-0.25, -0.2) is 4.99 Å². The summed E-state index contributed by atoms with van der Waals surface area (Å²) in [5.74, 6) is 1.65. The Morgan fingerprint density at radius 1 is 1.08 bits per heavy atom. The molecular weight excluding hydrogens is 332 g/mol. The van der Waals surface area contributed by atoms with Gasteiger partial charge >= 0.3 is 0 Å². The van der Waals surface area contributed by atoms with E-state index in [0.29, 0.717) is 12.0 Å². The number of aryl methyl sites for hydroxylation is 1. The third-order valence-corrected chi connectivity index (χ3v) is 5.98. The van der Waals surface area contributed by atoms with Gasteiger partial charge in [-0.15, -0.1) is 0 Å². The molecule has 0 saturated carbocycles. The van der Waals surface area contributed by atoms with E-state index in [9.17, 15) is 0 Å². The van der Waals surface area contributed by atoms with Gasteiger partial charge in [0.05, 0.1) is 11.4 Å². The summed E-state index contributed by atoms with van der Waals surface area (Å²) in [5, 5.41) is 0.807. The van der Waals surface area contributed by atoms with Crippen LogP contribution in [-0.2, 0) is 6.42 Å². The highest BCUT2D eigenvalue weighted by Crippen LogP contribution is 2.33. The Kier molecular flexibility index (Phi) is 4.83. The molecule has 3 aliphatic heterocycles. The second-order valence-corrected chi connectivity index (χ2v) is 8.11. The lowest BCUT2D eigenvalue weighted by molar-refractivity contribution is 0.216. The lowest BCUT2D eigenvalue weighted by Crippen LogP contribution is -2.51. The molecule has 2 unspecified atom stereocenters. The van der Waals surface area contributed by atoms with Crippen LogP contribution in [0.15, 0.2) is 28.2 Å². The van der Waals surface area contributed by atoms with Crippen molar-refractivity contribution in [1.82, 2.24) is 9.80 Å². The SMILES string of the molecule is CC1CCC2CCc3cc(Cl)ccc3N=C(N3CCN(C)CC3)C2=N1. The molecule has 3 aliphatic rings. The first-order valence-electron chi connectivity index (χ1n) is 9.49. The highest BCUT2D eigenvalue weighted by molar-refractivity contribution is 6.42. The predicted molar refractivity (Wildman–Crippen MR) is 106 cm³/mol. The number of hydrogen-bond acceptors (Lipinski definition) is 4. The van der Waals surface area contributed by atoms with Crippen LogP contribution in [0.1, 0.15) is 31.7 Å². The summed E-state index contributed by atoms with van der Waals surface area (Å²) in [7, 11) is 2.19. The predicted octanol–water partition coefficient (Wildman–Crippen LogP) is 3.80. The third kappa shape index (κ3) is 3.61. The van der Waals surface area contributed by atoms with Gasteiger partial charge in [-0.05, 0) is 63.4 Å². The van der Waals surface area contributed by atoms with Gasteiger partial charge in [0, 0.05) is 43.2 Å². The van der Waals surface area contributed by atoms with Gasteiger partial charge in [0.2, 0.25) is 0 Å². The molecule has 0 N–H and O–H groups in total. The largest absolute Gasteiger partial charge is 0.353 e. The van der Waals surface area contributed by atoms with Crippen molar-refractivity contribution in [3.05, 3.63) is 28.8 Å². The standard InChI is InChI=1S/C20H27ClN4/c1-14-3-4-15-5-6-16-13-17(21)7-8-18(16)23-20(19(15)22-14)25-11-9-24(2)10-12-25/h7-8,13-15H,3-6,9-12H2,1-2H3. The minimum Gasteiger partial charge on any atom is -0.353 e. The molecule has 4 nitrogen and oxygen atoms in total. The molecular formula is C20H27ClN4. The monoisotopic (exact) mass is 358 g/mol. The average molecular weight is 359 g/mol. The van der Waals surface area contributed by atoms with E-state index in [2.05, 4.69) is 35.9 Å². The molecule has 1 aromatic carbocycles. The summed E-state index contributed by atoms with van der Waals surface area (Å²) in [4.78, 5) is 15.1. The summed E-state index contributed by atoms with van der Waals surface area (Å²) in [6.07, 6.45) is 4.59. The summed E-state index contributed by atoms with van der Waals surface area (Å²) in [5.41, 5.74) is 3.60. The van der Waals surface area contributed by atoms with E-state index in [4.69, 9.17) is 21.6 Å². The first kappa shape index (κ1) is 17.0.